The van der Waals surface area contributed by atoms with Gasteiger partial charge in [0.05, 0.1) is 12.2 Å². The van der Waals surface area contributed by atoms with E-state index < -0.39 is 11.2 Å². The summed E-state index contributed by atoms with van der Waals surface area (Å²) in [6, 6.07) is 6.43. The van der Waals surface area contributed by atoms with Crippen molar-refractivity contribution in [1.29, 1.82) is 0 Å². The summed E-state index contributed by atoms with van der Waals surface area (Å²) in [6.07, 6.45) is 0. The maximum absolute atomic E-state index is 11.0. The fourth-order valence-corrected chi connectivity index (χ4v) is 1.25. The lowest BCUT2D eigenvalue weighted by Crippen LogP contribution is -2.15. The number of esters is 1. The SMILES string of the molecule is CCOC(=O)COc1ccccc1C(=O)Cl. The highest BCUT2D eigenvalue weighted by Gasteiger charge is 2.11. The summed E-state index contributed by atoms with van der Waals surface area (Å²) in [4.78, 5) is 22.0. The molecule has 0 radical (unpaired) electrons. The number of carbonyl (C=O) groups excluding carboxylic acids is 2. The van der Waals surface area contributed by atoms with E-state index in [1.54, 1.807) is 25.1 Å². The molecule has 0 atom stereocenters. The number of hydrogen-bond donors (Lipinski definition) is 0. The topological polar surface area (TPSA) is 52.6 Å². The van der Waals surface area contributed by atoms with E-state index >= 15 is 0 Å². The molecule has 4 nitrogen and oxygen atoms in total. The van der Waals surface area contributed by atoms with Gasteiger partial charge in [0, 0.05) is 0 Å². The molecular formula is C11H11ClO4. The zero-order valence-corrected chi connectivity index (χ0v) is 9.49. The number of benzene rings is 1. The van der Waals surface area contributed by atoms with Crippen LogP contribution >= 0.6 is 11.6 Å². The Labute approximate surface area is 98.1 Å². The Kier molecular flexibility index (Phi) is 4.79. The summed E-state index contributed by atoms with van der Waals surface area (Å²) in [5, 5.41) is -0.626. The maximum Gasteiger partial charge on any atom is 0.344 e. The average Bonchev–Trinajstić information content (AvgIpc) is 2.27. The van der Waals surface area contributed by atoms with Crippen LogP contribution in [0.25, 0.3) is 0 Å². The smallest absolute Gasteiger partial charge is 0.344 e. The van der Waals surface area contributed by atoms with Crippen LogP contribution in [0.4, 0.5) is 0 Å². The van der Waals surface area contributed by atoms with Crippen molar-refractivity contribution in [3.05, 3.63) is 29.8 Å². The van der Waals surface area contributed by atoms with E-state index in [4.69, 9.17) is 16.3 Å². The zero-order valence-electron chi connectivity index (χ0n) is 8.73. The number of hydrogen-bond acceptors (Lipinski definition) is 4. The standard InChI is InChI=1S/C11H11ClO4/c1-2-15-10(13)7-16-9-6-4-3-5-8(9)11(12)14/h3-6H,2,7H2,1H3. The molecule has 0 N–H and O–H groups in total. The summed E-state index contributed by atoms with van der Waals surface area (Å²) in [7, 11) is 0. The van der Waals surface area contributed by atoms with Crippen LogP contribution in [-0.4, -0.2) is 24.4 Å². The summed E-state index contributed by atoms with van der Waals surface area (Å²) in [5.41, 5.74) is 0.230. The van der Waals surface area contributed by atoms with Gasteiger partial charge in [-0.2, -0.15) is 0 Å². The minimum absolute atomic E-state index is 0.230. The van der Waals surface area contributed by atoms with Crippen LogP contribution in [-0.2, 0) is 9.53 Å². The first-order valence-corrected chi connectivity index (χ1v) is 5.10. The Morgan fingerprint density at radius 2 is 2.00 bits per heavy atom. The molecular weight excluding hydrogens is 232 g/mol. The molecule has 0 aliphatic heterocycles. The third-order valence-electron chi connectivity index (χ3n) is 1.75. The van der Waals surface area contributed by atoms with Gasteiger partial charge in [0.15, 0.2) is 6.61 Å². The Balaban J connectivity index is 2.66. The van der Waals surface area contributed by atoms with Crippen molar-refractivity contribution in [2.75, 3.05) is 13.2 Å². The van der Waals surface area contributed by atoms with Gasteiger partial charge in [-0.25, -0.2) is 4.79 Å². The highest BCUT2D eigenvalue weighted by Crippen LogP contribution is 2.19. The zero-order chi connectivity index (χ0) is 12.0. The highest BCUT2D eigenvalue weighted by atomic mass is 35.5. The fourth-order valence-electron chi connectivity index (χ4n) is 1.09. The van der Waals surface area contributed by atoms with Crippen LogP contribution < -0.4 is 4.74 Å². The molecule has 0 amide bonds. The first-order chi connectivity index (χ1) is 7.65. The van der Waals surface area contributed by atoms with Gasteiger partial charge >= 0.3 is 5.97 Å². The lowest BCUT2D eigenvalue weighted by Gasteiger charge is -2.07. The number of carbonyl (C=O) groups is 2. The van der Waals surface area contributed by atoms with Crippen molar-refractivity contribution in [3.8, 4) is 5.75 Å². The predicted octanol–water partition coefficient (Wildman–Crippen LogP) is 2.01. The molecule has 0 heterocycles. The van der Waals surface area contributed by atoms with E-state index in [1.807, 2.05) is 0 Å². The monoisotopic (exact) mass is 242 g/mol. The summed E-state index contributed by atoms with van der Waals surface area (Å²) in [5.74, 6) is -0.213. The van der Waals surface area contributed by atoms with E-state index in [-0.39, 0.29) is 24.5 Å². The van der Waals surface area contributed by atoms with Gasteiger partial charge in [0.2, 0.25) is 0 Å². The fraction of sp³-hybridized carbons (Fsp3) is 0.273. The first kappa shape index (κ1) is 12.5. The van der Waals surface area contributed by atoms with Crippen LogP contribution in [0.5, 0.6) is 5.75 Å². The van der Waals surface area contributed by atoms with Gasteiger partial charge in [-0.05, 0) is 30.7 Å². The molecule has 0 aliphatic rings. The quantitative estimate of drug-likeness (QED) is 0.585. The van der Waals surface area contributed by atoms with Gasteiger partial charge < -0.3 is 9.47 Å². The maximum atomic E-state index is 11.0. The van der Waals surface area contributed by atoms with Crippen LogP contribution in [0.2, 0.25) is 0 Å². The molecule has 0 saturated heterocycles. The molecule has 1 rings (SSSR count). The predicted molar refractivity (Wildman–Crippen MR) is 58.8 cm³/mol. The van der Waals surface area contributed by atoms with Crippen LogP contribution in [0.3, 0.4) is 0 Å². The third-order valence-corrected chi connectivity index (χ3v) is 1.95. The lowest BCUT2D eigenvalue weighted by atomic mass is 10.2. The van der Waals surface area contributed by atoms with Crippen molar-refractivity contribution in [1.82, 2.24) is 0 Å². The van der Waals surface area contributed by atoms with Crippen molar-refractivity contribution < 1.29 is 19.1 Å². The number of rotatable bonds is 5. The number of para-hydroxylation sites is 1. The molecule has 86 valence electrons. The Morgan fingerprint density at radius 1 is 1.31 bits per heavy atom. The van der Waals surface area contributed by atoms with Gasteiger partial charge in [0.25, 0.3) is 5.24 Å². The minimum Gasteiger partial charge on any atom is -0.481 e. The van der Waals surface area contributed by atoms with Crippen LogP contribution in [0, 0.1) is 0 Å². The molecule has 16 heavy (non-hydrogen) atoms. The van der Waals surface area contributed by atoms with E-state index in [2.05, 4.69) is 4.74 Å². The Morgan fingerprint density at radius 3 is 2.62 bits per heavy atom. The van der Waals surface area contributed by atoms with Gasteiger partial charge in [-0.3, -0.25) is 4.79 Å². The summed E-state index contributed by atoms with van der Waals surface area (Å²) in [6.45, 7) is 1.75. The largest absolute Gasteiger partial charge is 0.481 e. The van der Waals surface area contributed by atoms with Crippen LogP contribution in [0.1, 0.15) is 17.3 Å². The second-order valence-corrected chi connectivity index (χ2v) is 3.21. The summed E-state index contributed by atoms with van der Waals surface area (Å²) >= 11 is 5.35. The normalized spacial score (nSPS) is 9.62. The Hall–Kier alpha value is -1.55. The molecule has 1 aromatic carbocycles. The average molecular weight is 243 g/mol. The molecule has 5 heteroatoms. The molecule has 0 fully saturated rings. The van der Waals surface area contributed by atoms with Crippen LogP contribution in [0.15, 0.2) is 24.3 Å². The highest BCUT2D eigenvalue weighted by molar-refractivity contribution is 6.68. The molecule has 0 aliphatic carbocycles. The molecule has 0 unspecified atom stereocenters. The number of halogens is 1. The van der Waals surface area contributed by atoms with E-state index in [0.29, 0.717) is 0 Å². The van der Waals surface area contributed by atoms with E-state index in [9.17, 15) is 9.59 Å². The first-order valence-electron chi connectivity index (χ1n) is 4.72. The second-order valence-electron chi connectivity index (χ2n) is 2.86. The van der Waals surface area contributed by atoms with Gasteiger partial charge in [-0.15, -0.1) is 0 Å². The van der Waals surface area contributed by atoms with Crippen molar-refractivity contribution in [2.24, 2.45) is 0 Å². The molecule has 0 saturated carbocycles. The van der Waals surface area contributed by atoms with E-state index in [1.165, 1.54) is 6.07 Å². The summed E-state index contributed by atoms with van der Waals surface area (Å²) < 4.78 is 9.82. The number of ether oxygens (including phenoxy) is 2. The van der Waals surface area contributed by atoms with Gasteiger partial charge in [-0.1, -0.05) is 12.1 Å². The minimum atomic E-state index is -0.626. The molecule has 0 bridgehead atoms. The third kappa shape index (κ3) is 3.55. The molecule has 0 aromatic heterocycles. The molecule has 0 spiro atoms. The van der Waals surface area contributed by atoms with Gasteiger partial charge in [0.1, 0.15) is 5.75 Å². The Bertz CT molecular complexity index is 389. The lowest BCUT2D eigenvalue weighted by molar-refractivity contribution is -0.145. The van der Waals surface area contributed by atoms with Crippen molar-refractivity contribution in [3.63, 3.8) is 0 Å². The second kappa shape index (κ2) is 6.12. The van der Waals surface area contributed by atoms with Crippen molar-refractivity contribution >= 4 is 22.8 Å². The van der Waals surface area contributed by atoms with E-state index in [0.717, 1.165) is 0 Å². The van der Waals surface area contributed by atoms with Crippen molar-refractivity contribution in [2.45, 2.75) is 6.92 Å². The molecule has 1 aromatic rings.